The van der Waals surface area contributed by atoms with E-state index in [1.54, 1.807) is 36.4 Å². The van der Waals surface area contributed by atoms with E-state index in [-0.39, 0.29) is 23.6 Å². The molecule has 0 unspecified atom stereocenters. The lowest BCUT2D eigenvalue weighted by molar-refractivity contribution is -0.117. The van der Waals surface area contributed by atoms with Crippen molar-refractivity contribution in [3.05, 3.63) is 45.3 Å². The van der Waals surface area contributed by atoms with Crippen molar-refractivity contribution in [3.8, 4) is 0 Å². The summed E-state index contributed by atoms with van der Waals surface area (Å²) in [6.45, 7) is 3.32. The van der Waals surface area contributed by atoms with Gasteiger partial charge in [-0.25, -0.2) is 9.98 Å². The summed E-state index contributed by atoms with van der Waals surface area (Å²) in [5, 5.41) is 6.61. The molecule has 1 aliphatic heterocycles. The monoisotopic (exact) mass is 512 g/mol. The average Bonchev–Trinajstić information content (AvgIpc) is 3.50. The number of nitrogens with one attached hydrogen (secondary N) is 2. The molecular formula is C24H28N6O3S2. The maximum absolute atomic E-state index is 12.7. The molecule has 1 saturated carbocycles. The number of thioether (sulfide) groups is 1. The van der Waals surface area contributed by atoms with Crippen molar-refractivity contribution in [2.75, 3.05) is 39.5 Å². The van der Waals surface area contributed by atoms with E-state index >= 15 is 0 Å². The van der Waals surface area contributed by atoms with Crippen LogP contribution in [-0.4, -0.2) is 71.9 Å². The van der Waals surface area contributed by atoms with Crippen LogP contribution in [0.5, 0.6) is 0 Å². The van der Waals surface area contributed by atoms with Crippen LogP contribution in [0.15, 0.2) is 34.3 Å². The van der Waals surface area contributed by atoms with E-state index in [1.165, 1.54) is 23.1 Å². The second-order valence-electron chi connectivity index (χ2n) is 8.84. The standard InChI is InChI=1S/C24H28N6O3S2/c1-14-11-16(22(33)30(4)10-9-29(2)3)7-8-18(14)26-24-28-21(32)19(35-24)12-17-13-25-23(34-17)27-20(31)15-5-6-15/h7-8,11-13,15H,5-6,9-10H2,1-4H3,(H,25,27,31)(H,26,28,32)/b19-12-. The predicted molar refractivity (Wildman–Crippen MR) is 141 cm³/mol. The van der Waals surface area contributed by atoms with Gasteiger partial charge in [0.2, 0.25) is 5.91 Å². The number of aryl methyl sites for hydroxylation is 1. The van der Waals surface area contributed by atoms with E-state index in [9.17, 15) is 14.4 Å². The molecule has 2 aliphatic rings. The van der Waals surface area contributed by atoms with Crippen molar-refractivity contribution in [2.24, 2.45) is 10.9 Å². The first-order valence-corrected chi connectivity index (χ1v) is 12.9. The predicted octanol–water partition coefficient (Wildman–Crippen LogP) is 3.33. The molecule has 0 atom stereocenters. The van der Waals surface area contributed by atoms with Crippen molar-refractivity contribution < 1.29 is 14.4 Å². The first-order valence-electron chi connectivity index (χ1n) is 11.3. The molecule has 2 N–H and O–H groups in total. The number of hydrogen-bond acceptors (Lipinski definition) is 8. The van der Waals surface area contributed by atoms with E-state index in [0.717, 1.165) is 29.8 Å². The molecule has 0 radical (unpaired) electrons. The Morgan fingerprint density at radius 2 is 2.03 bits per heavy atom. The highest BCUT2D eigenvalue weighted by Gasteiger charge is 2.30. The van der Waals surface area contributed by atoms with Crippen molar-refractivity contribution in [1.29, 1.82) is 0 Å². The maximum Gasteiger partial charge on any atom is 0.264 e. The van der Waals surface area contributed by atoms with Gasteiger partial charge in [-0.3, -0.25) is 14.4 Å². The van der Waals surface area contributed by atoms with Gasteiger partial charge in [0.1, 0.15) is 0 Å². The number of carbonyl (C=O) groups excluding carboxylic acids is 3. The number of amidine groups is 1. The number of rotatable bonds is 8. The van der Waals surface area contributed by atoms with E-state index in [0.29, 0.717) is 33.0 Å². The molecule has 2 aromatic rings. The largest absolute Gasteiger partial charge is 0.340 e. The number of benzene rings is 1. The summed E-state index contributed by atoms with van der Waals surface area (Å²) in [6, 6.07) is 5.37. The van der Waals surface area contributed by atoms with E-state index in [4.69, 9.17) is 0 Å². The van der Waals surface area contributed by atoms with Gasteiger partial charge in [0.15, 0.2) is 10.3 Å². The van der Waals surface area contributed by atoms with Crippen molar-refractivity contribution in [3.63, 3.8) is 0 Å². The van der Waals surface area contributed by atoms with Gasteiger partial charge in [0.25, 0.3) is 11.8 Å². The lowest BCUT2D eigenvalue weighted by atomic mass is 10.1. The maximum atomic E-state index is 12.7. The molecule has 1 aromatic carbocycles. The second-order valence-corrected chi connectivity index (χ2v) is 10.9. The minimum atomic E-state index is -0.238. The fraction of sp³-hybridized carbons (Fsp3) is 0.375. The molecule has 35 heavy (non-hydrogen) atoms. The SMILES string of the molecule is Cc1cc(C(=O)N(C)CCN(C)C)ccc1/N=C1/NC(=O)/C(=C/c2cnc(NC(=O)C3CC3)s2)S1. The highest BCUT2D eigenvalue weighted by atomic mass is 32.2. The van der Waals surface area contributed by atoms with Gasteiger partial charge < -0.3 is 20.4 Å². The smallest absolute Gasteiger partial charge is 0.264 e. The third kappa shape index (κ3) is 6.56. The van der Waals surface area contributed by atoms with Gasteiger partial charge in [-0.2, -0.15) is 0 Å². The van der Waals surface area contributed by atoms with Crippen molar-refractivity contribution in [1.82, 2.24) is 20.1 Å². The normalized spacial score (nSPS) is 17.8. The van der Waals surface area contributed by atoms with Gasteiger partial charge in [0.05, 0.1) is 15.5 Å². The van der Waals surface area contributed by atoms with Crippen LogP contribution in [0, 0.1) is 12.8 Å². The molecule has 0 spiro atoms. The van der Waals surface area contributed by atoms with Crippen LogP contribution >= 0.6 is 23.1 Å². The first-order chi connectivity index (χ1) is 16.7. The second kappa shape index (κ2) is 10.7. The van der Waals surface area contributed by atoms with Crippen LogP contribution in [0.4, 0.5) is 10.8 Å². The van der Waals surface area contributed by atoms with E-state index < -0.39 is 0 Å². The highest BCUT2D eigenvalue weighted by Crippen LogP contribution is 2.33. The third-order valence-corrected chi connectivity index (χ3v) is 7.29. The fourth-order valence-corrected chi connectivity index (χ4v) is 4.93. The van der Waals surface area contributed by atoms with Crippen LogP contribution < -0.4 is 10.6 Å². The highest BCUT2D eigenvalue weighted by molar-refractivity contribution is 8.18. The third-order valence-electron chi connectivity index (χ3n) is 5.52. The Morgan fingerprint density at radius 1 is 1.26 bits per heavy atom. The number of aromatic nitrogens is 1. The summed E-state index contributed by atoms with van der Waals surface area (Å²) in [6.07, 6.45) is 5.24. The molecule has 9 nitrogen and oxygen atoms in total. The van der Waals surface area contributed by atoms with Crippen molar-refractivity contribution in [2.45, 2.75) is 19.8 Å². The summed E-state index contributed by atoms with van der Waals surface area (Å²) in [4.78, 5) is 50.9. The zero-order valence-electron chi connectivity index (χ0n) is 20.1. The van der Waals surface area contributed by atoms with Gasteiger partial charge in [-0.1, -0.05) is 11.3 Å². The molecule has 184 valence electrons. The Morgan fingerprint density at radius 3 is 2.71 bits per heavy atom. The Bertz CT molecular complexity index is 1220. The molecule has 4 rings (SSSR count). The molecule has 2 fully saturated rings. The van der Waals surface area contributed by atoms with Crippen LogP contribution in [0.2, 0.25) is 0 Å². The molecule has 3 amide bonds. The minimum Gasteiger partial charge on any atom is -0.340 e. The fourth-order valence-electron chi connectivity index (χ4n) is 3.27. The number of hydrogen-bond donors (Lipinski definition) is 2. The van der Waals surface area contributed by atoms with Crippen LogP contribution in [0.1, 0.15) is 33.6 Å². The van der Waals surface area contributed by atoms with E-state index in [1.807, 2.05) is 32.0 Å². The summed E-state index contributed by atoms with van der Waals surface area (Å²) in [5.41, 5.74) is 2.13. The summed E-state index contributed by atoms with van der Waals surface area (Å²) >= 11 is 2.57. The average molecular weight is 513 g/mol. The Balaban J connectivity index is 1.41. The number of carbonyl (C=O) groups is 3. The number of anilines is 1. The number of likely N-dealkylation sites (N-methyl/N-ethyl adjacent to an activating group) is 2. The van der Waals surface area contributed by atoms with Crippen LogP contribution in [-0.2, 0) is 9.59 Å². The number of thiazole rings is 1. The molecule has 1 saturated heterocycles. The topological polar surface area (TPSA) is 107 Å². The van der Waals surface area contributed by atoms with Gasteiger partial charge in [0, 0.05) is 37.8 Å². The Labute approximate surface area is 212 Å². The lowest BCUT2D eigenvalue weighted by Gasteiger charge is -2.20. The quantitative estimate of drug-likeness (QED) is 0.526. The lowest BCUT2D eigenvalue weighted by Crippen LogP contribution is -2.33. The summed E-state index contributed by atoms with van der Waals surface area (Å²) in [7, 11) is 5.74. The minimum absolute atomic E-state index is 0.00394. The number of nitrogens with zero attached hydrogens (tertiary/aromatic N) is 4. The van der Waals surface area contributed by atoms with E-state index in [2.05, 4.69) is 20.6 Å². The summed E-state index contributed by atoms with van der Waals surface area (Å²) < 4.78 is 0. The molecule has 1 aliphatic carbocycles. The van der Waals surface area contributed by atoms with Gasteiger partial charge in [-0.15, -0.1) is 0 Å². The summed E-state index contributed by atoms with van der Waals surface area (Å²) in [5.74, 6) is -0.169. The molecule has 2 heterocycles. The first kappa shape index (κ1) is 25.1. The number of aliphatic imine (C=N–C) groups is 1. The van der Waals surface area contributed by atoms with Crippen LogP contribution in [0.3, 0.4) is 0 Å². The van der Waals surface area contributed by atoms with Gasteiger partial charge in [-0.05, 0) is 75.5 Å². The zero-order chi connectivity index (χ0) is 25.1. The van der Waals surface area contributed by atoms with Gasteiger partial charge >= 0.3 is 0 Å². The van der Waals surface area contributed by atoms with Crippen LogP contribution in [0.25, 0.3) is 6.08 Å². The Hall–Kier alpha value is -3.02. The Kier molecular flexibility index (Phi) is 7.68. The molecule has 1 aromatic heterocycles. The molecule has 11 heteroatoms. The molecule has 0 bridgehead atoms. The molecular weight excluding hydrogens is 484 g/mol. The number of amides is 3. The van der Waals surface area contributed by atoms with Crippen molar-refractivity contribution >= 4 is 62.9 Å². The zero-order valence-corrected chi connectivity index (χ0v) is 21.8.